The lowest BCUT2D eigenvalue weighted by molar-refractivity contribution is 0.202. The highest BCUT2D eigenvalue weighted by molar-refractivity contribution is 4.82. The van der Waals surface area contributed by atoms with Crippen molar-refractivity contribution in [3.05, 3.63) is 0 Å². The van der Waals surface area contributed by atoms with E-state index in [-0.39, 0.29) is 0 Å². The molecule has 0 radical (unpaired) electrons. The van der Waals surface area contributed by atoms with Gasteiger partial charge in [-0.25, -0.2) is 0 Å². The number of rotatable bonds is 1. The second-order valence-corrected chi connectivity index (χ2v) is 4.75. The Morgan fingerprint density at radius 3 is 2.46 bits per heavy atom. The Morgan fingerprint density at radius 1 is 1.00 bits per heavy atom. The first-order valence-corrected chi connectivity index (χ1v) is 5.80. The van der Waals surface area contributed by atoms with E-state index in [4.69, 9.17) is 0 Å². The molecule has 13 heavy (non-hydrogen) atoms. The van der Waals surface area contributed by atoms with Crippen LogP contribution in [0.2, 0.25) is 0 Å². The SMILES string of the molecule is CC1CCC(C2CCCNC2)CN1. The quantitative estimate of drug-likeness (QED) is 0.640. The zero-order valence-electron chi connectivity index (χ0n) is 8.68. The summed E-state index contributed by atoms with van der Waals surface area (Å²) < 4.78 is 0. The second kappa shape index (κ2) is 4.43. The minimum Gasteiger partial charge on any atom is -0.316 e. The summed E-state index contributed by atoms with van der Waals surface area (Å²) in [5.41, 5.74) is 0. The van der Waals surface area contributed by atoms with Gasteiger partial charge in [-0.1, -0.05) is 0 Å². The molecule has 2 aliphatic heterocycles. The molecule has 2 fully saturated rings. The standard InChI is InChI=1S/C11H22N2/c1-9-4-5-11(8-13-9)10-3-2-6-12-7-10/h9-13H,2-8H2,1H3. The third kappa shape index (κ3) is 2.44. The van der Waals surface area contributed by atoms with Gasteiger partial charge in [0, 0.05) is 6.04 Å². The molecule has 0 aromatic carbocycles. The van der Waals surface area contributed by atoms with Crippen LogP contribution >= 0.6 is 0 Å². The van der Waals surface area contributed by atoms with E-state index in [2.05, 4.69) is 17.6 Å². The molecule has 2 rings (SSSR count). The van der Waals surface area contributed by atoms with Crippen molar-refractivity contribution < 1.29 is 0 Å². The highest BCUT2D eigenvalue weighted by Gasteiger charge is 2.26. The Hall–Kier alpha value is -0.0800. The van der Waals surface area contributed by atoms with E-state index in [9.17, 15) is 0 Å². The minimum atomic E-state index is 0.757. The molecule has 0 aliphatic carbocycles. The topological polar surface area (TPSA) is 24.1 Å². The third-order valence-corrected chi connectivity index (χ3v) is 3.70. The summed E-state index contributed by atoms with van der Waals surface area (Å²) in [6, 6.07) is 0.757. The molecule has 2 heteroatoms. The van der Waals surface area contributed by atoms with Crippen molar-refractivity contribution in [1.82, 2.24) is 10.6 Å². The van der Waals surface area contributed by atoms with Crippen LogP contribution in [0.5, 0.6) is 0 Å². The molecule has 3 unspecified atom stereocenters. The molecular formula is C11H22N2. The minimum absolute atomic E-state index is 0.757. The lowest BCUT2D eigenvalue weighted by Crippen LogP contribution is -2.43. The van der Waals surface area contributed by atoms with E-state index >= 15 is 0 Å². The Balaban J connectivity index is 1.79. The summed E-state index contributed by atoms with van der Waals surface area (Å²) >= 11 is 0. The maximum atomic E-state index is 3.60. The van der Waals surface area contributed by atoms with E-state index in [0.717, 1.165) is 17.9 Å². The molecule has 2 N–H and O–H groups in total. The molecule has 2 aliphatic rings. The Kier molecular flexibility index (Phi) is 3.23. The van der Waals surface area contributed by atoms with Crippen LogP contribution < -0.4 is 10.6 Å². The smallest absolute Gasteiger partial charge is 0.00389 e. The fourth-order valence-electron chi connectivity index (χ4n) is 2.70. The maximum absolute atomic E-state index is 3.60. The molecule has 0 aromatic rings. The number of nitrogens with one attached hydrogen (secondary N) is 2. The predicted octanol–water partition coefficient (Wildman–Crippen LogP) is 1.37. The van der Waals surface area contributed by atoms with Gasteiger partial charge >= 0.3 is 0 Å². The van der Waals surface area contributed by atoms with Crippen molar-refractivity contribution in [3.63, 3.8) is 0 Å². The van der Waals surface area contributed by atoms with Crippen LogP contribution in [-0.4, -0.2) is 25.7 Å². The molecule has 0 bridgehead atoms. The van der Waals surface area contributed by atoms with E-state index in [0.29, 0.717) is 0 Å². The van der Waals surface area contributed by atoms with Crippen LogP contribution in [0.15, 0.2) is 0 Å². The molecule has 0 saturated carbocycles. The zero-order valence-corrected chi connectivity index (χ0v) is 8.68. The number of piperidine rings is 2. The molecule has 2 saturated heterocycles. The molecule has 76 valence electrons. The molecule has 0 spiro atoms. The lowest BCUT2D eigenvalue weighted by atomic mass is 9.80. The highest BCUT2D eigenvalue weighted by atomic mass is 14.9. The van der Waals surface area contributed by atoms with Gasteiger partial charge in [0.1, 0.15) is 0 Å². The summed E-state index contributed by atoms with van der Waals surface area (Å²) in [6.45, 7) is 6.07. The highest BCUT2D eigenvalue weighted by Crippen LogP contribution is 2.26. The fourth-order valence-corrected chi connectivity index (χ4v) is 2.70. The third-order valence-electron chi connectivity index (χ3n) is 3.70. The lowest BCUT2D eigenvalue weighted by Gasteiger charge is -2.35. The van der Waals surface area contributed by atoms with Gasteiger partial charge in [-0.15, -0.1) is 0 Å². The second-order valence-electron chi connectivity index (χ2n) is 4.75. The molecule has 2 heterocycles. The Bertz CT molecular complexity index is 144. The first-order valence-electron chi connectivity index (χ1n) is 5.80. The van der Waals surface area contributed by atoms with Gasteiger partial charge in [-0.3, -0.25) is 0 Å². The van der Waals surface area contributed by atoms with Crippen LogP contribution in [0.25, 0.3) is 0 Å². The molecule has 0 aromatic heterocycles. The zero-order chi connectivity index (χ0) is 9.10. The van der Waals surface area contributed by atoms with Crippen LogP contribution in [0.3, 0.4) is 0 Å². The van der Waals surface area contributed by atoms with Crippen molar-refractivity contribution in [1.29, 1.82) is 0 Å². The van der Waals surface area contributed by atoms with Gasteiger partial charge in [-0.05, 0) is 64.1 Å². The van der Waals surface area contributed by atoms with Crippen LogP contribution in [0, 0.1) is 11.8 Å². The average Bonchev–Trinajstić information content (AvgIpc) is 2.20. The van der Waals surface area contributed by atoms with Crippen molar-refractivity contribution in [3.8, 4) is 0 Å². The van der Waals surface area contributed by atoms with Crippen molar-refractivity contribution in [2.75, 3.05) is 19.6 Å². The number of hydrogen-bond donors (Lipinski definition) is 2. The van der Waals surface area contributed by atoms with Gasteiger partial charge in [0.2, 0.25) is 0 Å². The van der Waals surface area contributed by atoms with Crippen LogP contribution in [0.1, 0.15) is 32.6 Å². The Labute approximate surface area is 81.5 Å². The summed E-state index contributed by atoms with van der Waals surface area (Å²) in [5.74, 6) is 1.90. The Morgan fingerprint density at radius 2 is 1.85 bits per heavy atom. The number of hydrogen-bond acceptors (Lipinski definition) is 2. The summed E-state index contributed by atoms with van der Waals surface area (Å²) in [7, 11) is 0. The summed E-state index contributed by atoms with van der Waals surface area (Å²) in [5, 5.41) is 7.12. The molecule has 3 atom stereocenters. The predicted molar refractivity (Wildman–Crippen MR) is 55.8 cm³/mol. The van der Waals surface area contributed by atoms with Gasteiger partial charge in [0.25, 0.3) is 0 Å². The molecule has 0 amide bonds. The van der Waals surface area contributed by atoms with E-state index in [1.807, 2.05) is 0 Å². The monoisotopic (exact) mass is 182 g/mol. The van der Waals surface area contributed by atoms with Crippen molar-refractivity contribution in [2.24, 2.45) is 11.8 Å². The van der Waals surface area contributed by atoms with Crippen LogP contribution in [0.4, 0.5) is 0 Å². The van der Waals surface area contributed by atoms with Crippen LogP contribution in [-0.2, 0) is 0 Å². The van der Waals surface area contributed by atoms with Gasteiger partial charge < -0.3 is 10.6 Å². The van der Waals surface area contributed by atoms with Gasteiger partial charge in [0.15, 0.2) is 0 Å². The average molecular weight is 182 g/mol. The first-order chi connectivity index (χ1) is 6.36. The molecule has 2 nitrogen and oxygen atoms in total. The normalized spacial score (nSPS) is 41.8. The van der Waals surface area contributed by atoms with Crippen molar-refractivity contribution >= 4 is 0 Å². The van der Waals surface area contributed by atoms with E-state index in [1.165, 1.54) is 45.3 Å². The van der Waals surface area contributed by atoms with E-state index < -0.39 is 0 Å². The largest absolute Gasteiger partial charge is 0.316 e. The summed E-state index contributed by atoms with van der Waals surface area (Å²) in [6.07, 6.45) is 5.66. The van der Waals surface area contributed by atoms with E-state index in [1.54, 1.807) is 0 Å². The van der Waals surface area contributed by atoms with Crippen molar-refractivity contribution in [2.45, 2.75) is 38.6 Å². The van der Waals surface area contributed by atoms with Gasteiger partial charge in [-0.2, -0.15) is 0 Å². The molecular weight excluding hydrogens is 160 g/mol. The van der Waals surface area contributed by atoms with Gasteiger partial charge in [0.05, 0.1) is 0 Å². The summed E-state index contributed by atoms with van der Waals surface area (Å²) in [4.78, 5) is 0. The first kappa shape index (κ1) is 9.47. The maximum Gasteiger partial charge on any atom is 0.00389 e. The fraction of sp³-hybridized carbons (Fsp3) is 1.00.